The van der Waals surface area contributed by atoms with Gasteiger partial charge in [-0.25, -0.2) is 4.39 Å². The molecule has 0 bridgehead atoms. The van der Waals surface area contributed by atoms with E-state index in [1.165, 1.54) is 4.90 Å². The first-order valence-electron chi connectivity index (χ1n) is 6.98. The molecule has 0 spiro atoms. The SMILES string of the molecule is O=C1c2ccccc2C(=O)N1CCCN1CCC(F)C1. The molecule has 0 aliphatic carbocycles. The van der Waals surface area contributed by atoms with E-state index >= 15 is 0 Å². The van der Waals surface area contributed by atoms with Gasteiger partial charge < -0.3 is 4.90 Å². The second kappa shape index (κ2) is 5.32. The normalized spacial score (nSPS) is 22.6. The lowest BCUT2D eigenvalue weighted by molar-refractivity contribution is 0.0648. The third-order valence-corrected chi connectivity index (χ3v) is 3.95. The molecule has 0 saturated carbocycles. The number of hydrogen-bond acceptors (Lipinski definition) is 3. The minimum Gasteiger partial charge on any atom is -0.300 e. The van der Waals surface area contributed by atoms with Crippen LogP contribution in [-0.2, 0) is 0 Å². The van der Waals surface area contributed by atoms with Gasteiger partial charge in [0, 0.05) is 19.6 Å². The van der Waals surface area contributed by atoms with Gasteiger partial charge >= 0.3 is 0 Å². The molecule has 3 rings (SSSR count). The van der Waals surface area contributed by atoms with Crippen LogP contribution in [0.2, 0.25) is 0 Å². The molecule has 106 valence electrons. The van der Waals surface area contributed by atoms with Gasteiger partial charge in [0.1, 0.15) is 6.17 Å². The van der Waals surface area contributed by atoms with E-state index in [1.54, 1.807) is 24.3 Å². The predicted octanol–water partition coefficient (Wildman–Crippen LogP) is 1.72. The van der Waals surface area contributed by atoms with Crippen molar-refractivity contribution in [3.63, 3.8) is 0 Å². The Morgan fingerprint density at radius 2 is 1.75 bits per heavy atom. The van der Waals surface area contributed by atoms with E-state index in [-0.39, 0.29) is 11.8 Å². The van der Waals surface area contributed by atoms with Crippen LogP contribution in [0, 0.1) is 0 Å². The zero-order valence-corrected chi connectivity index (χ0v) is 11.2. The number of likely N-dealkylation sites (tertiary alicyclic amines) is 1. The lowest BCUT2D eigenvalue weighted by Crippen LogP contribution is -2.33. The van der Waals surface area contributed by atoms with E-state index in [9.17, 15) is 14.0 Å². The molecule has 2 amide bonds. The topological polar surface area (TPSA) is 40.6 Å². The number of rotatable bonds is 4. The largest absolute Gasteiger partial charge is 0.300 e. The lowest BCUT2D eigenvalue weighted by Gasteiger charge is -2.17. The monoisotopic (exact) mass is 276 g/mol. The van der Waals surface area contributed by atoms with E-state index in [0.29, 0.717) is 37.1 Å². The van der Waals surface area contributed by atoms with Crippen LogP contribution in [-0.4, -0.2) is 54.0 Å². The minimum atomic E-state index is -0.727. The van der Waals surface area contributed by atoms with E-state index < -0.39 is 6.17 Å². The molecular formula is C15H17FN2O2. The van der Waals surface area contributed by atoms with E-state index in [0.717, 1.165) is 13.1 Å². The number of fused-ring (bicyclic) bond motifs is 1. The van der Waals surface area contributed by atoms with Crippen molar-refractivity contribution in [2.45, 2.75) is 19.0 Å². The van der Waals surface area contributed by atoms with Crippen LogP contribution in [0.4, 0.5) is 4.39 Å². The second-order valence-electron chi connectivity index (χ2n) is 5.35. The van der Waals surface area contributed by atoms with Gasteiger partial charge in [-0.1, -0.05) is 12.1 Å². The quantitative estimate of drug-likeness (QED) is 0.786. The molecule has 1 atom stereocenters. The van der Waals surface area contributed by atoms with Gasteiger partial charge in [0.2, 0.25) is 0 Å². The van der Waals surface area contributed by atoms with E-state index in [2.05, 4.69) is 0 Å². The van der Waals surface area contributed by atoms with Crippen LogP contribution in [0.25, 0.3) is 0 Å². The van der Waals surface area contributed by atoms with Gasteiger partial charge in [-0.3, -0.25) is 14.5 Å². The zero-order chi connectivity index (χ0) is 14.1. The van der Waals surface area contributed by atoms with Crippen molar-refractivity contribution >= 4 is 11.8 Å². The summed E-state index contributed by atoms with van der Waals surface area (Å²) in [6, 6.07) is 6.89. The molecule has 2 aliphatic heterocycles. The second-order valence-corrected chi connectivity index (χ2v) is 5.35. The maximum Gasteiger partial charge on any atom is 0.261 e. The molecule has 5 heteroatoms. The maximum absolute atomic E-state index is 13.0. The summed E-state index contributed by atoms with van der Waals surface area (Å²) < 4.78 is 13.0. The molecule has 0 N–H and O–H groups in total. The van der Waals surface area contributed by atoms with Gasteiger partial charge in [0.05, 0.1) is 11.1 Å². The number of nitrogens with zero attached hydrogens (tertiary/aromatic N) is 2. The molecule has 2 aliphatic rings. The Morgan fingerprint density at radius 1 is 1.10 bits per heavy atom. The molecule has 1 saturated heterocycles. The highest BCUT2D eigenvalue weighted by molar-refractivity contribution is 6.21. The summed E-state index contributed by atoms with van der Waals surface area (Å²) in [5.41, 5.74) is 0.977. The van der Waals surface area contributed by atoms with E-state index in [4.69, 9.17) is 0 Å². The average Bonchev–Trinajstić information content (AvgIpc) is 2.97. The van der Waals surface area contributed by atoms with E-state index in [1.807, 2.05) is 4.90 Å². The summed E-state index contributed by atoms with van der Waals surface area (Å²) in [5, 5.41) is 0. The lowest BCUT2D eigenvalue weighted by atomic mass is 10.1. The highest BCUT2D eigenvalue weighted by Gasteiger charge is 2.34. The first kappa shape index (κ1) is 13.2. The molecule has 1 unspecified atom stereocenters. The van der Waals surface area contributed by atoms with Crippen molar-refractivity contribution < 1.29 is 14.0 Å². The highest BCUT2D eigenvalue weighted by atomic mass is 19.1. The molecule has 20 heavy (non-hydrogen) atoms. The number of carbonyl (C=O) groups excluding carboxylic acids is 2. The summed E-state index contributed by atoms with van der Waals surface area (Å²) in [5.74, 6) is -0.425. The van der Waals surface area contributed by atoms with Gasteiger partial charge in [-0.15, -0.1) is 0 Å². The third-order valence-electron chi connectivity index (χ3n) is 3.95. The van der Waals surface area contributed by atoms with Gasteiger partial charge in [-0.2, -0.15) is 0 Å². The molecule has 0 aromatic heterocycles. The zero-order valence-electron chi connectivity index (χ0n) is 11.2. The van der Waals surface area contributed by atoms with Crippen molar-refractivity contribution in [3.8, 4) is 0 Å². The molecular weight excluding hydrogens is 259 g/mol. The van der Waals surface area contributed by atoms with Gasteiger partial charge in [0.25, 0.3) is 11.8 Å². The number of amides is 2. The Hall–Kier alpha value is -1.75. The van der Waals surface area contributed by atoms with Crippen molar-refractivity contribution in [1.29, 1.82) is 0 Å². The minimum absolute atomic E-state index is 0.213. The van der Waals surface area contributed by atoms with Gasteiger partial charge in [-0.05, 0) is 31.5 Å². The molecule has 4 nitrogen and oxygen atoms in total. The number of carbonyl (C=O) groups is 2. The molecule has 1 aromatic rings. The number of halogens is 1. The Labute approximate surface area is 117 Å². The Morgan fingerprint density at radius 3 is 2.30 bits per heavy atom. The summed E-state index contributed by atoms with van der Waals surface area (Å²) in [7, 11) is 0. The first-order valence-corrected chi connectivity index (χ1v) is 6.98. The summed E-state index contributed by atoms with van der Waals surface area (Å²) >= 11 is 0. The Kier molecular flexibility index (Phi) is 3.53. The first-order chi connectivity index (χ1) is 9.66. The van der Waals surface area contributed by atoms with Crippen molar-refractivity contribution in [3.05, 3.63) is 35.4 Å². The van der Waals surface area contributed by atoms with Crippen LogP contribution in [0.5, 0.6) is 0 Å². The average molecular weight is 276 g/mol. The number of benzene rings is 1. The number of hydrogen-bond donors (Lipinski definition) is 0. The third kappa shape index (κ3) is 2.33. The van der Waals surface area contributed by atoms with Crippen LogP contribution in [0.3, 0.4) is 0 Å². The van der Waals surface area contributed by atoms with Crippen LogP contribution < -0.4 is 0 Å². The number of imide groups is 1. The maximum atomic E-state index is 13.0. The Bertz CT molecular complexity index is 511. The van der Waals surface area contributed by atoms with Crippen molar-refractivity contribution in [2.75, 3.05) is 26.2 Å². The molecule has 1 fully saturated rings. The highest BCUT2D eigenvalue weighted by Crippen LogP contribution is 2.22. The fraction of sp³-hybridized carbons (Fsp3) is 0.467. The van der Waals surface area contributed by atoms with Gasteiger partial charge in [0.15, 0.2) is 0 Å². The van der Waals surface area contributed by atoms with Crippen LogP contribution in [0.15, 0.2) is 24.3 Å². The fourth-order valence-corrected chi connectivity index (χ4v) is 2.88. The van der Waals surface area contributed by atoms with Crippen LogP contribution >= 0.6 is 0 Å². The van der Waals surface area contributed by atoms with Crippen LogP contribution in [0.1, 0.15) is 33.6 Å². The summed E-state index contributed by atoms with van der Waals surface area (Å²) in [6.45, 7) is 2.37. The smallest absolute Gasteiger partial charge is 0.261 e. The predicted molar refractivity (Wildman–Crippen MR) is 72.4 cm³/mol. The molecule has 1 aromatic carbocycles. The molecule has 0 radical (unpaired) electrons. The fourth-order valence-electron chi connectivity index (χ4n) is 2.88. The molecule has 2 heterocycles. The summed E-state index contributed by atoms with van der Waals surface area (Å²) in [4.78, 5) is 27.6. The standard InChI is InChI=1S/C15H17FN2O2/c16-11-6-9-17(10-11)7-3-8-18-14(19)12-4-1-2-5-13(12)15(18)20/h1-2,4-5,11H,3,6-10H2. The van der Waals surface area contributed by atoms with Crippen molar-refractivity contribution in [1.82, 2.24) is 9.80 Å². The Balaban J connectivity index is 1.57. The summed E-state index contributed by atoms with van der Waals surface area (Å²) in [6.07, 6.45) is 0.555. The van der Waals surface area contributed by atoms with Crippen molar-refractivity contribution in [2.24, 2.45) is 0 Å². The number of alkyl halides is 1.